The Hall–Kier alpha value is -0.310. The van der Waals surface area contributed by atoms with Crippen LogP contribution in [0.15, 0.2) is 12.0 Å². The van der Waals surface area contributed by atoms with Gasteiger partial charge in [-0.15, -0.1) is 11.8 Å². The number of thioether (sulfide) groups is 1. The summed E-state index contributed by atoms with van der Waals surface area (Å²) in [5.41, 5.74) is 1.31. The minimum Gasteiger partial charge on any atom is -0.499 e. The van der Waals surface area contributed by atoms with Crippen molar-refractivity contribution in [1.82, 2.24) is 5.32 Å². The molecule has 1 atom stereocenters. The lowest BCUT2D eigenvalue weighted by atomic mass is 10.0. The lowest BCUT2D eigenvalue weighted by Crippen LogP contribution is -2.30. The molecule has 0 spiro atoms. The first-order chi connectivity index (χ1) is 4.97. The van der Waals surface area contributed by atoms with Crippen LogP contribution in [0, 0.1) is 5.92 Å². The van der Waals surface area contributed by atoms with Gasteiger partial charge in [-0.1, -0.05) is 0 Å². The predicted octanol–water partition coefficient (Wildman–Crippen LogP) is 1.16. The molecule has 1 saturated heterocycles. The maximum atomic E-state index is 5.21. The Morgan fingerprint density at radius 2 is 2.70 bits per heavy atom. The van der Waals surface area contributed by atoms with Gasteiger partial charge >= 0.3 is 0 Å². The highest BCUT2D eigenvalue weighted by atomic mass is 32.2. The van der Waals surface area contributed by atoms with E-state index in [4.69, 9.17) is 4.74 Å². The monoisotopic (exact) mass is 157 g/mol. The van der Waals surface area contributed by atoms with Gasteiger partial charge in [0.15, 0.2) is 0 Å². The molecular weight excluding hydrogens is 146 g/mol. The van der Waals surface area contributed by atoms with E-state index in [0.717, 1.165) is 18.4 Å². The number of nitrogens with one attached hydrogen (secondary N) is 1. The van der Waals surface area contributed by atoms with E-state index in [1.54, 1.807) is 0 Å². The van der Waals surface area contributed by atoms with E-state index in [9.17, 15) is 0 Å². The van der Waals surface area contributed by atoms with Crippen molar-refractivity contribution in [3.05, 3.63) is 12.0 Å². The van der Waals surface area contributed by atoms with Gasteiger partial charge in [0.2, 0.25) is 0 Å². The quantitative estimate of drug-likeness (QED) is 0.570. The molecule has 2 aliphatic heterocycles. The highest BCUT2D eigenvalue weighted by Crippen LogP contribution is 2.26. The first-order valence-electron chi connectivity index (χ1n) is 3.60. The Morgan fingerprint density at radius 1 is 1.70 bits per heavy atom. The largest absolute Gasteiger partial charge is 0.499 e. The van der Waals surface area contributed by atoms with E-state index in [-0.39, 0.29) is 0 Å². The summed E-state index contributed by atoms with van der Waals surface area (Å²) in [5, 5.41) is 3.32. The van der Waals surface area contributed by atoms with E-state index in [2.05, 4.69) is 5.32 Å². The van der Waals surface area contributed by atoms with Crippen LogP contribution in [0.1, 0.15) is 6.42 Å². The molecule has 0 aromatic heterocycles. The Morgan fingerprint density at radius 3 is 3.60 bits per heavy atom. The van der Waals surface area contributed by atoms with E-state index < -0.39 is 0 Å². The molecule has 3 heteroatoms. The summed E-state index contributed by atoms with van der Waals surface area (Å²) >= 11 is 1.97. The van der Waals surface area contributed by atoms with Crippen LogP contribution in [0.2, 0.25) is 0 Å². The summed E-state index contributed by atoms with van der Waals surface area (Å²) in [4.78, 5) is 0. The van der Waals surface area contributed by atoms with Crippen LogP contribution in [0.25, 0.3) is 0 Å². The number of fused-ring (bicyclic) bond motifs is 1. The second-order valence-electron chi connectivity index (χ2n) is 2.62. The van der Waals surface area contributed by atoms with Gasteiger partial charge in [0.25, 0.3) is 0 Å². The van der Waals surface area contributed by atoms with Crippen molar-refractivity contribution >= 4 is 11.8 Å². The third-order valence-electron chi connectivity index (χ3n) is 1.93. The Labute approximate surface area is 65.0 Å². The number of hydrogen-bond donors (Lipinski definition) is 1. The Kier molecular flexibility index (Phi) is 1.76. The average Bonchev–Trinajstić information content (AvgIpc) is 2.05. The van der Waals surface area contributed by atoms with Gasteiger partial charge in [-0.2, -0.15) is 0 Å². The number of rotatable bonds is 0. The standard InChI is InChI=1S/C7H11NOS/c1-2-9-3-7-6(1)4-10-5-8-7/h3,6,8H,1-2,4-5H2. The molecule has 2 nitrogen and oxygen atoms in total. The van der Waals surface area contributed by atoms with Gasteiger partial charge in [0, 0.05) is 11.7 Å². The van der Waals surface area contributed by atoms with Crippen LogP contribution < -0.4 is 5.32 Å². The van der Waals surface area contributed by atoms with Gasteiger partial charge in [0.1, 0.15) is 6.26 Å². The zero-order valence-corrected chi connectivity index (χ0v) is 6.62. The summed E-state index contributed by atoms with van der Waals surface area (Å²) in [7, 11) is 0. The summed E-state index contributed by atoms with van der Waals surface area (Å²) in [6.45, 7) is 0.899. The van der Waals surface area contributed by atoms with Gasteiger partial charge in [-0.05, 0) is 6.42 Å². The molecule has 0 saturated carbocycles. The molecule has 0 aromatic rings. The zero-order valence-electron chi connectivity index (χ0n) is 5.80. The molecule has 2 aliphatic rings. The molecule has 1 fully saturated rings. The van der Waals surface area contributed by atoms with E-state index in [1.807, 2.05) is 18.0 Å². The minimum absolute atomic E-state index is 0.743. The fraction of sp³-hybridized carbons (Fsp3) is 0.714. The maximum Gasteiger partial charge on any atom is 0.102 e. The molecule has 1 unspecified atom stereocenters. The molecule has 0 amide bonds. The van der Waals surface area contributed by atoms with Crippen LogP contribution in [-0.2, 0) is 4.74 Å². The first-order valence-corrected chi connectivity index (χ1v) is 4.75. The molecule has 2 rings (SSSR count). The fourth-order valence-corrected chi connectivity index (χ4v) is 2.32. The smallest absolute Gasteiger partial charge is 0.102 e. The Bertz CT molecular complexity index is 158. The molecule has 56 valence electrons. The van der Waals surface area contributed by atoms with Crippen molar-refractivity contribution in [1.29, 1.82) is 0 Å². The topological polar surface area (TPSA) is 21.3 Å². The lowest BCUT2D eigenvalue weighted by molar-refractivity contribution is 0.199. The molecule has 0 bridgehead atoms. The van der Waals surface area contributed by atoms with Crippen LogP contribution in [-0.4, -0.2) is 18.2 Å². The van der Waals surface area contributed by atoms with Gasteiger partial charge in [0.05, 0.1) is 18.2 Å². The molecule has 10 heavy (non-hydrogen) atoms. The van der Waals surface area contributed by atoms with Crippen LogP contribution in [0.4, 0.5) is 0 Å². The first kappa shape index (κ1) is 6.40. The predicted molar refractivity (Wildman–Crippen MR) is 42.6 cm³/mol. The molecule has 0 radical (unpaired) electrons. The van der Waals surface area contributed by atoms with Crippen LogP contribution in [0.3, 0.4) is 0 Å². The van der Waals surface area contributed by atoms with Gasteiger partial charge < -0.3 is 10.1 Å². The normalized spacial score (nSPS) is 31.2. The van der Waals surface area contributed by atoms with Crippen molar-refractivity contribution in [3.8, 4) is 0 Å². The highest BCUT2D eigenvalue weighted by Gasteiger charge is 2.21. The van der Waals surface area contributed by atoms with Crippen LogP contribution >= 0.6 is 11.8 Å². The van der Waals surface area contributed by atoms with Crippen molar-refractivity contribution in [3.63, 3.8) is 0 Å². The van der Waals surface area contributed by atoms with Crippen molar-refractivity contribution < 1.29 is 4.74 Å². The second-order valence-corrected chi connectivity index (χ2v) is 3.65. The highest BCUT2D eigenvalue weighted by molar-refractivity contribution is 7.99. The Balaban J connectivity index is 2.08. The number of ether oxygens (including phenoxy) is 1. The summed E-state index contributed by atoms with van der Waals surface area (Å²) in [6, 6.07) is 0. The molecule has 2 heterocycles. The maximum absolute atomic E-state index is 5.21. The van der Waals surface area contributed by atoms with Crippen molar-refractivity contribution in [2.75, 3.05) is 18.2 Å². The average molecular weight is 157 g/mol. The van der Waals surface area contributed by atoms with Crippen molar-refractivity contribution in [2.45, 2.75) is 6.42 Å². The zero-order chi connectivity index (χ0) is 6.81. The fourth-order valence-electron chi connectivity index (χ4n) is 1.31. The molecule has 0 aromatic carbocycles. The summed E-state index contributed by atoms with van der Waals surface area (Å²) < 4.78 is 5.21. The SMILES string of the molecule is C1=C2NCSCC2CCO1. The third-order valence-corrected chi connectivity index (χ3v) is 2.92. The molecule has 0 aliphatic carbocycles. The molecule has 1 N–H and O–H groups in total. The third kappa shape index (κ3) is 1.10. The van der Waals surface area contributed by atoms with E-state index in [0.29, 0.717) is 0 Å². The second kappa shape index (κ2) is 2.74. The van der Waals surface area contributed by atoms with Gasteiger partial charge in [-0.25, -0.2) is 0 Å². The lowest BCUT2D eigenvalue weighted by Gasteiger charge is -2.29. The van der Waals surface area contributed by atoms with E-state index >= 15 is 0 Å². The van der Waals surface area contributed by atoms with Crippen LogP contribution in [0.5, 0.6) is 0 Å². The number of allylic oxidation sites excluding steroid dienone is 1. The molecular formula is C7H11NOS. The minimum atomic E-state index is 0.743. The van der Waals surface area contributed by atoms with Crippen molar-refractivity contribution in [2.24, 2.45) is 5.92 Å². The summed E-state index contributed by atoms with van der Waals surface area (Å²) in [6.07, 6.45) is 3.07. The number of hydrogen-bond acceptors (Lipinski definition) is 3. The summed E-state index contributed by atoms with van der Waals surface area (Å²) in [5.74, 6) is 3.06. The van der Waals surface area contributed by atoms with E-state index in [1.165, 1.54) is 17.9 Å². The van der Waals surface area contributed by atoms with Gasteiger partial charge in [-0.3, -0.25) is 0 Å².